The zero-order chi connectivity index (χ0) is 15.7. The zero-order valence-electron chi connectivity index (χ0n) is 13.7. The van der Waals surface area contributed by atoms with Crippen LogP contribution in [0.15, 0.2) is 29.3 Å². The molecule has 0 aromatic heterocycles. The number of nitrogens with one attached hydrogen (secondary N) is 1. The summed E-state index contributed by atoms with van der Waals surface area (Å²) in [6.07, 6.45) is 1.03. The molecule has 1 aromatic carbocycles. The van der Waals surface area contributed by atoms with E-state index < -0.39 is 0 Å². The normalized spacial score (nSPS) is 12.9. The fourth-order valence-corrected chi connectivity index (χ4v) is 2.58. The molecule has 0 saturated carbocycles. The third-order valence-electron chi connectivity index (χ3n) is 3.51. The van der Waals surface area contributed by atoms with Crippen molar-refractivity contribution in [3.8, 4) is 0 Å². The maximum Gasteiger partial charge on any atom is 0.188 e. The molecule has 126 valence electrons. The Morgan fingerprint density at radius 1 is 1.27 bits per heavy atom. The molecule has 3 N–H and O–H groups in total. The molecule has 0 heterocycles. The van der Waals surface area contributed by atoms with Crippen LogP contribution < -0.4 is 11.1 Å². The monoisotopic (exact) mass is 438 g/mol. The van der Waals surface area contributed by atoms with Crippen molar-refractivity contribution in [2.24, 2.45) is 10.7 Å². The smallest absolute Gasteiger partial charge is 0.188 e. The Morgan fingerprint density at radius 3 is 2.45 bits per heavy atom. The molecular formula is C16H28ClIN4. The number of nitrogens with two attached hydrogens (primary N) is 1. The van der Waals surface area contributed by atoms with E-state index in [1.165, 1.54) is 0 Å². The Balaban J connectivity index is 0.00000441. The van der Waals surface area contributed by atoms with E-state index in [4.69, 9.17) is 17.3 Å². The fraction of sp³-hybridized carbons (Fsp3) is 0.562. The third-order valence-corrected chi connectivity index (χ3v) is 3.85. The SMILES string of the molecule is CCCNC(N)=NCC(c1ccccc1Cl)N(CC)CC.I. The molecule has 4 nitrogen and oxygen atoms in total. The van der Waals surface area contributed by atoms with Gasteiger partial charge in [-0.3, -0.25) is 9.89 Å². The summed E-state index contributed by atoms with van der Waals surface area (Å²) in [5.41, 5.74) is 7.00. The Labute approximate surface area is 156 Å². The third kappa shape index (κ3) is 6.71. The molecule has 6 heteroatoms. The largest absolute Gasteiger partial charge is 0.370 e. The van der Waals surface area contributed by atoms with E-state index in [0.29, 0.717) is 12.5 Å². The van der Waals surface area contributed by atoms with Gasteiger partial charge in [-0.25, -0.2) is 0 Å². The van der Waals surface area contributed by atoms with Gasteiger partial charge in [0, 0.05) is 11.6 Å². The molecule has 0 fully saturated rings. The van der Waals surface area contributed by atoms with Gasteiger partial charge in [0.05, 0.1) is 12.6 Å². The highest BCUT2D eigenvalue weighted by atomic mass is 127. The summed E-state index contributed by atoms with van der Waals surface area (Å²) >= 11 is 6.35. The van der Waals surface area contributed by atoms with Crippen molar-refractivity contribution in [3.05, 3.63) is 34.9 Å². The standard InChI is InChI=1S/C16H27ClN4.HI/c1-4-11-19-16(18)20-12-15(21(5-2)6-3)13-9-7-8-10-14(13)17;/h7-10,15H,4-6,11-12H2,1-3H3,(H3,18,19,20);1H. The van der Waals surface area contributed by atoms with E-state index in [9.17, 15) is 0 Å². The summed E-state index contributed by atoms with van der Waals surface area (Å²) in [7, 11) is 0. The van der Waals surface area contributed by atoms with Crippen LogP contribution in [0.5, 0.6) is 0 Å². The van der Waals surface area contributed by atoms with Crippen molar-refractivity contribution in [1.29, 1.82) is 0 Å². The minimum Gasteiger partial charge on any atom is -0.370 e. The molecule has 0 saturated heterocycles. The van der Waals surface area contributed by atoms with Gasteiger partial charge in [0.15, 0.2) is 5.96 Å². The topological polar surface area (TPSA) is 53.6 Å². The summed E-state index contributed by atoms with van der Waals surface area (Å²) in [6.45, 7) is 9.74. The maximum absolute atomic E-state index is 6.35. The first-order valence-corrected chi connectivity index (χ1v) is 8.04. The zero-order valence-corrected chi connectivity index (χ0v) is 16.8. The molecule has 1 unspecified atom stereocenters. The minimum absolute atomic E-state index is 0. The Morgan fingerprint density at radius 2 is 1.91 bits per heavy atom. The van der Waals surface area contributed by atoms with Crippen molar-refractivity contribution in [1.82, 2.24) is 10.2 Å². The van der Waals surface area contributed by atoms with Gasteiger partial charge in [0.2, 0.25) is 0 Å². The lowest BCUT2D eigenvalue weighted by atomic mass is 10.1. The van der Waals surface area contributed by atoms with E-state index in [0.717, 1.165) is 36.6 Å². The average Bonchev–Trinajstić information content (AvgIpc) is 2.50. The van der Waals surface area contributed by atoms with Crippen molar-refractivity contribution < 1.29 is 0 Å². The van der Waals surface area contributed by atoms with Gasteiger partial charge in [-0.05, 0) is 31.1 Å². The summed E-state index contributed by atoms with van der Waals surface area (Å²) in [5.74, 6) is 0.501. The second kappa shape index (κ2) is 12.0. The van der Waals surface area contributed by atoms with Crippen LogP contribution in [0.25, 0.3) is 0 Å². The van der Waals surface area contributed by atoms with E-state index in [1.807, 2.05) is 18.2 Å². The first-order valence-electron chi connectivity index (χ1n) is 7.66. The van der Waals surface area contributed by atoms with Crippen LogP contribution in [-0.4, -0.2) is 37.0 Å². The van der Waals surface area contributed by atoms with Gasteiger partial charge in [0.1, 0.15) is 0 Å². The molecule has 0 aliphatic carbocycles. The Bertz CT molecular complexity index is 450. The van der Waals surface area contributed by atoms with Crippen LogP contribution >= 0.6 is 35.6 Å². The molecule has 0 radical (unpaired) electrons. The highest BCUT2D eigenvalue weighted by molar-refractivity contribution is 14.0. The number of likely N-dealkylation sites (N-methyl/N-ethyl adjacent to an activating group) is 1. The minimum atomic E-state index is 0. The number of halogens is 2. The highest BCUT2D eigenvalue weighted by Crippen LogP contribution is 2.27. The summed E-state index contributed by atoms with van der Waals surface area (Å²) in [6, 6.07) is 8.11. The molecule has 22 heavy (non-hydrogen) atoms. The molecule has 0 aliphatic rings. The molecular weight excluding hydrogens is 411 g/mol. The molecule has 0 aliphatic heterocycles. The molecule has 0 bridgehead atoms. The number of hydrogen-bond acceptors (Lipinski definition) is 2. The van der Waals surface area contributed by atoms with Gasteiger partial charge in [0.25, 0.3) is 0 Å². The number of aliphatic imine (C=N–C) groups is 1. The predicted molar refractivity (Wildman–Crippen MR) is 107 cm³/mol. The lowest BCUT2D eigenvalue weighted by Gasteiger charge is -2.29. The lowest BCUT2D eigenvalue weighted by molar-refractivity contribution is 0.224. The summed E-state index contributed by atoms with van der Waals surface area (Å²) in [5, 5.41) is 3.89. The van der Waals surface area contributed by atoms with Crippen molar-refractivity contribution in [2.45, 2.75) is 33.2 Å². The van der Waals surface area contributed by atoms with Gasteiger partial charge in [-0.1, -0.05) is 50.6 Å². The molecule has 1 atom stereocenters. The van der Waals surface area contributed by atoms with E-state index in [1.54, 1.807) is 0 Å². The first kappa shape index (κ1) is 21.5. The second-order valence-corrected chi connectivity index (χ2v) is 5.32. The molecule has 0 spiro atoms. The van der Waals surface area contributed by atoms with E-state index in [-0.39, 0.29) is 30.0 Å². The van der Waals surface area contributed by atoms with Gasteiger partial charge in [-0.15, -0.1) is 24.0 Å². The quantitative estimate of drug-likeness (QED) is 0.370. The van der Waals surface area contributed by atoms with Crippen molar-refractivity contribution >= 4 is 41.5 Å². The van der Waals surface area contributed by atoms with Crippen LogP contribution in [0, 0.1) is 0 Å². The van der Waals surface area contributed by atoms with Crippen LogP contribution in [0.1, 0.15) is 38.8 Å². The Hall–Kier alpha value is -0.530. The molecule has 1 rings (SSSR count). The fourth-order valence-electron chi connectivity index (χ4n) is 2.31. The molecule has 1 aromatic rings. The second-order valence-electron chi connectivity index (χ2n) is 4.91. The lowest BCUT2D eigenvalue weighted by Crippen LogP contribution is -2.35. The predicted octanol–water partition coefficient (Wildman–Crippen LogP) is 3.66. The summed E-state index contributed by atoms with van der Waals surface area (Å²) in [4.78, 5) is 6.82. The van der Waals surface area contributed by atoms with E-state index in [2.05, 4.69) is 42.0 Å². The first-order chi connectivity index (χ1) is 10.1. The van der Waals surface area contributed by atoms with Gasteiger partial charge < -0.3 is 11.1 Å². The van der Waals surface area contributed by atoms with Crippen LogP contribution in [0.2, 0.25) is 5.02 Å². The maximum atomic E-state index is 6.35. The van der Waals surface area contributed by atoms with Gasteiger partial charge >= 0.3 is 0 Å². The van der Waals surface area contributed by atoms with Crippen molar-refractivity contribution in [2.75, 3.05) is 26.2 Å². The number of guanidine groups is 1. The van der Waals surface area contributed by atoms with Crippen LogP contribution in [0.4, 0.5) is 0 Å². The molecule has 0 amide bonds. The number of nitrogens with zero attached hydrogens (tertiary/aromatic N) is 2. The number of rotatable bonds is 8. The van der Waals surface area contributed by atoms with Crippen LogP contribution in [0.3, 0.4) is 0 Å². The van der Waals surface area contributed by atoms with Crippen LogP contribution in [-0.2, 0) is 0 Å². The Kier molecular flexibility index (Phi) is 11.7. The van der Waals surface area contributed by atoms with Gasteiger partial charge in [-0.2, -0.15) is 0 Å². The van der Waals surface area contributed by atoms with E-state index >= 15 is 0 Å². The summed E-state index contributed by atoms with van der Waals surface area (Å²) < 4.78 is 0. The number of hydrogen-bond donors (Lipinski definition) is 2. The van der Waals surface area contributed by atoms with Crippen molar-refractivity contribution in [3.63, 3.8) is 0 Å². The average molecular weight is 439 g/mol. The highest BCUT2D eigenvalue weighted by Gasteiger charge is 2.19. The number of benzene rings is 1.